The highest BCUT2D eigenvalue weighted by atomic mass is 19.2. The summed E-state index contributed by atoms with van der Waals surface area (Å²) in [4.78, 5) is 14.3. The lowest BCUT2D eigenvalue weighted by Crippen LogP contribution is -2.48. The molecule has 3 saturated heterocycles. The highest BCUT2D eigenvalue weighted by Crippen LogP contribution is 2.39. The molecule has 24 heavy (non-hydrogen) atoms. The summed E-state index contributed by atoms with van der Waals surface area (Å²) in [6, 6.07) is 7.40. The minimum Gasteiger partial charge on any atom is -0.364 e. The molecule has 0 spiro atoms. The normalized spacial score (nSPS) is 25.8. The first-order chi connectivity index (χ1) is 11.5. The molecule has 5 rings (SSSR count). The van der Waals surface area contributed by atoms with Crippen LogP contribution in [0.1, 0.15) is 29.4 Å². The highest BCUT2D eigenvalue weighted by Gasteiger charge is 2.37. The molecule has 126 valence electrons. The first-order valence-corrected chi connectivity index (χ1v) is 8.23. The lowest BCUT2D eigenvalue weighted by molar-refractivity contribution is 0.0561. The van der Waals surface area contributed by atoms with E-state index in [1.807, 2.05) is 4.57 Å². The van der Waals surface area contributed by atoms with E-state index >= 15 is 0 Å². The number of halogens is 2. The Hall–Kier alpha value is -2.21. The monoisotopic (exact) mass is 331 g/mol. The number of hydrogen-bond acceptors (Lipinski definition) is 2. The third-order valence-electron chi connectivity index (χ3n) is 5.34. The van der Waals surface area contributed by atoms with Gasteiger partial charge in [0.25, 0.3) is 5.91 Å². The topological polar surface area (TPSA) is 51.3 Å². The van der Waals surface area contributed by atoms with Gasteiger partial charge in [-0.2, -0.15) is 0 Å². The van der Waals surface area contributed by atoms with Crippen LogP contribution >= 0.6 is 0 Å². The molecule has 0 saturated carbocycles. The molecule has 2 bridgehead atoms. The minimum absolute atomic E-state index is 0.133. The van der Waals surface area contributed by atoms with Crippen molar-refractivity contribution in [2.24, 2.45) is 11.7 Å². The van der Waals surface area contributed by atoms with Crippen LogP contribution in [0.5, 0.6) is 0 Å². The zero-order valence-corrected chi connectivity index (χ0v) is 13.2. The van der Waals surface area contributed by atoms with Crippen LogP contribution in [-0.2, 0) is 0 Å². The van der Waals surface area contributed by atoms with Crippen LogP contribution in [0.25, 0.3) is 11.3 Å². The smallest absolute Gasteiger partial charge is 0.265 e. The maximum atomic E-state index is 13.7. The number of rotatable bonds is 3. The molecule has 4 nitrogen and oxygen atoms in total. The summed E-state index contributed by atoms with van der Waals surface area (Å²) in [7, 11) is 0. The largest absolute Gasteiger partial charge is 0.364 e. The number of piperidine rings is 3. The summed E-state index contributed by atoms with van der Waals surface area (Å²) in [6.07, 6.45) is 2.16. The van der Waals surface area contributed by atoms with Crippen molar-refractivity contribution in [2.75, 3.05) is 19.6 Å². The molecule has 6 heteroatoms. The number of amides is 1. The Morgan fingerprint density at radius 1 is 1.08 bits per heavy atom. The second-order valence-corrected chi connectivity index (χ2v) is 6.67. The molecule has 3 fully saturated rings. The van der Waals surface area contributed by atoms with Gasteiger partial charge in [0.05, 0.1) is 6.04 Å². The van der Waals surface area contributed by atoms with Crippen molar-refractivity contribution in [2.45, 2.75) is 18.9 Å². The van der Waals surface area contributed by atoms with Gasteiger partial charge in [0.1, 0.15) is 5.69 Å². The third-order valence-corrected chi connectivity index (χ3v) is 5.34. The van der Waals surface area contributed by atoms with E-state index in [0.717, 1.165) is 38.5 Å². The fourth-order valence-electron chi connectivity index (χ4n) is 4.12. The standard InChI is InChI=1S/C18H19F2N3O/c19-13-2-1-12(9-14(13)20)15-3-4-16(18(21)24)23(15)17-10-22-7-5-11(17)6-8-22/h1-4,9,11,17H,5-8,10H2,(H2,21,24)/t17-/m0/s1. The van der Waals surface area contributed by atoms with Crippen LogP contribution in [0, 0.1) is 17.6 Å². The second kappa shape index (κ2) is 5.70. The molecule has 0 radical (unpaired) electrons. The summed E-state index contributed by atoms with van der Waals surface area (Å²) in [5, 5.41) is 0. The maximum absolute atomic E-state index is 13.7. The minimum atomic E-state index is -0.894. The van der Waals surface area contributed by atoms with Crippen molar-refractivity contribution in [3.63, 3.8) is 0 Å². The highest BCUT2D eigenvalue weighted by molar-refractivity contribution is 5.92. The Bertz CT molecular complexity index is 794. The van der Waals surface area contributed by atoms with Gasteiger partial charge in [0, 0.05) is 17.8 Å². The van der Waals surface area contributed by atoms with Crippen molar-refractivity contribution in [1.29, 1.82) is 0 Å². The lowest BCUT2D eigenvalue weighted by atomic mass is 9.83. The molecule has 0 unspecified atom stereocenters. The molecule has 3 aliphatic heterocycles. The van der Waals surface area contributed by atoms with Gasteiger partial charge in [0.2, 0.25) is 0 Å². The number of fused-ring (bicyclic) bond motifs is 3. The fourth-order valence-corrected chi connectivity index (χ4v) is 4.12. The van der Waals surface area contributed by atoms with Crippen LogP contribution in [0.2, 0.25) is 0 Å². The van der Waals surface area contributed by atoms with Crippen LogP contribution in [0.3, 0.4) is 0 Å². The molecule has 2 aromatic rings. The number of nitrogens with two attached hydrogens (primary N) is 1. The molecule has 0 aliphatic carbocycles. The van der Waals surface area contributed by atoms with E-state index in [1.165, 1.54) is 12.1 Å². The van der Waals surface area contributed by atoms with E-state index in [2.05, 4.69) is 4.90 Å². The number of primary amides is 1. The zero-order valence-electron chi connectivity index (χ0n) is 13.2. The number of hydrogen-bond donors (Lipinski definition) is 1. The first kappa shape index (κ1) is 15.3. The van der Waals surface area contributed by atoms with Crippen LogP contribution in [0.15, 0.2) is 30.3 Å². The van der Waals surface area contributed by atoms with Crippen molar-refractivity contribution in [1.82, 2.24) is 9.47 Å². The molecular weight excluding hydrogens is 312 g/mol. The zero-order chi connectivity index (χ0) is 16.8. The maximum Gasteiger partial charge on any atom is 0.265 e. The SMILES string of the molecule is NC(=O)c1ccc(-c2ccc(F)c(F)c2)n1[C@H]1CN2CCC1CC2. The van der Waals surface area contributed by atoms with Gasteiger partial charge in [0.15, 0.2) is 11.6 Å². The van der Waals surface area contributed by atoms with Gasteiger partial charge in [-0.15, -0.1) is 0 Å². The van der Waals surface area contributed by atoms with Crippen molar-refractivity contribution in [3.05, 3.63) is 47.7 Å². The average Bonchev–Trinajstić information content (AvgIpc) is 3.03. The van der Waals surface area contributed by atoms with E-state index in [1.54, 1.807) is 12.1 Å². The van der Waals surface area contributed by atoms with E-state index in [0.29, 0.717) is 22.9 Å². The van der Waals surface area contributed by atoms with Gasteiger partial charge in [-0.3, -0.25) is 4.79 Å². The predicted octanol–water partition coefficient (Wildman–Crippen LogP) is 2.80. The van der Waals surface area contributed by atoms with Gasteiger partial charge >= 0.3 is 0 Å². The Balaban J connectivity index is 1.83. The Morgan fingerprint density at radius 2 is 1.83 bits per heavy atom. The Kier molecular flexibility index (Phi) is 3.64. The predicted molar refractivity (Wildman–Crippen MR) is 86.5 cm³/mol. The van der Waals surface area contributed by atoms with Crippen molar-refractivity contribution < 1.29 is 13.6 Å². The summed E-state index contributed by atoms with van der Waals surface area (Å²) < 4.78 is 28.9. The van der Waals surface area contributed by atoms with E-state index in [-0.39, 0.29) is 6.04 Å². The molecular formula is C18H19F2N3O. The van der Waals surface area contributed by atoms with Gasteiger partial charge in [-0.25, -0.2) is 8.78 Å². The Labute approximate surface area is 138 Å². The fraction of sp³-hybridized carbons (Fsp3) is 0.389. The number of nitrogens with zero attached hydrogens (tertiary/aromatic N) is 2. The summed E-state index contributed by atoms with van der Waals surface area (Å²) >= 11 is 0. The van der Waals surface area contributed by atoms with Gasteiger partial charge in [-0.1, -0.05) is 0 Å². The number of benzene rings is 1. The van der Waals surface area contributed by atoms with Gasteiger partial charge in [-0.05, 0) is 62.2 Å². The van der Waals surface area contributed by atoms with Crippen LogP contribution in [-0.4, -0.2) is 35.0 Å². The molecule has 4 heterocycles. The summed E-state index contributed by atoms with van der Waals surface area (Å²) in [5.41, 5.74) is 7.25. The van der Waals surface area contributed by atoms with Crippen molar-refractivity contribution >= 4 is 5.91 Å². The van der Waals surface area contributed by atoms with Crippen LogP contribution < -0.4 is 5.73 Å². The first-order valence-electron chi connectivity index (χ1n) is 8.23. The number of aromatic nitrogens is 1. The van der Waals surface area contributed by atoms with E-state index < -0.39 is 17.5 Å². The van der Waals surface area contributed by atoms with Crippen molar-refractivity contribution in [3.8, 4) is 11.3 Å². The number of carbonyl (C=O) groups is 1. The second-order valence-electron chi connectivity index (χ2n) is 6.67. The quantitative estimate of drug-likeness (QED) is 0.940. The van der Waals surface area contributed by atoms with E-state index in [9.17, 15) is 13.6 Å². The summed E-state index contributed by atoms with van der Waals surface area (Å²) in [6.45, 7) is 3.01. The molecule has 1 atom stereocenters. The molecule has 3 aliphatic rings. The third kappa shape index (κ3) is 2.41. The Morgan fingerprint density at radius 3 is 2.42 bits per heavy atom. The molecule has 1 aromatic heterocycles. The van der Waals surface area contributed by atoms with Crippen LogP contribution in [0.4, 0.5) is 8.78 Å². The van der Waals surface area contributed by atoms with Gasteiger partial charge < -0.3 is 15.2 Å². The molecule has 1 amide bonds. The average molecular weight is 331 g/mol. The van der Waals surface area contributed by atoms with E-state index in [4.69, 9.17) is 5.73 Å². The molecule has 2 N–H and O–H groups in total. The molecule has 1 aromatic carbocycles. The lowest BCUT2D eigenvalue weighted by Gasteiger charge is -2.46. The summed E-state index contributed by atoms with van der Waals surface area (Å²) in [5.74, 6) is -1.80. The number of carbonyl (C=O) groups excluding carboxylic acids is 1.